The maximum atomic E-state index is 13.9. The molecule has 0 saturated carbocycles. The molecule has 3 amide bonds. The van der Waals surface area contributed by atoms with Crippen LogP contribution in [0.1, 0.15) is 80.4 Å². The average molecular weight is 765 g/mol. The maximum absolute atomic E-state index is 13.9. The van der Waals surface area contributed by atoms with Crippen molar-refractivity contribution in [2.45, 2.75) is 70.9 Å². The number of fused-ring (bicyclic) bond motifs is 2. The van der Waals surface area contributed by atoms with E-state index in [1.165, 1.54) is 19.3 Å². The first kappa shape index (κ1) is 37.7. The van der Waals surface area contributed by atoms with Gasteiger partial charge in [0.05, 0.1) is 5.69 Å². The first-order chi connectivity index (χ1) is 27.0. The number of H-pyrrole nitrogens is 1. The van der Waals surface area contributed by atoms with Crippen LogP contribution < -0.4 is 15.4 Å². The molecule has 0 bridgehead atoms. The number of aromatic nitrogens is 2. The minimum Gasteiger partial charge on any atom is -0.453 e. The topological polar surface area (TPSA) is 152 Å². The molecule has 0 radical (unpaired) electrons. The molecule has 3 aliphatic heterocycles. The Labute approximate surface area is 326 Å². The van der Waals surface area contributed by atoms with Crippen molar-refractivity contribution >= 4 is 51.3 Å². The zero-order valence-electron chi connectivity index (χ0n) is 32.8. The van der Waals surface area contributed by atoms with Crippen molar-refractivity contribution in [2.75, 3.05) is 70.0 Å². The number of carbonyl (C=O) groups excluding carboxylic acids is 3. The number of ketones is 1. The maximum Gasteiger partial charge on any atom is 0.415 e. The smallest absolute Gasteiger partial charge is 0.415 e. The highest BCUT2D eigenvalue weighted by molar-refractivity contribution is 6.11. The van der Waals surface area contributed by atoms with E-state index in [-0.39, 0.29) is 23.1 Å². The Morgan fingerprint density at radius 2 is 1.66 bits per heavy atom. The molecular weight excluding hydrogens is 713 g/mol. The molecule has 0 atom stereocenters. The average Bonchev–Trinajstić information content (AvgIpc) is 3.95. The van der Waals surface area contributed by atoms with E-state index in [0.29, 0.717) is 65.4 Å². The lowest BCUT2D eigenvalue weighted by Gasteiger charge is -2.39. The van der Waals surface area contributed by atoms with Gasteiger partial charge in [-0.2, -0.15) is 0 Å². The minimum atomic E-state index is -0.481. The Morgan fingerprint density at radius 1 is 0.893 bits per heavy atom. The van der Waals surface area contributed by atoms with Crippen LogP contribution in [0.2, 0.25) is 0 Å². The van der Waals surface area contributed by atoms with Gasteiger partial charge >= 0.3 is 12.1 Å². The normalized spacial score (nSPS) is 18.1. The van der Waals surface area contributed by atoms with Crippen LogP contribution in [0.25, 0.3) is 21.9 Å². The van der Waals surface area contributed by atoms with Gasteiger partial charge < -0.3 is 38.7 Å². The van der Waals surface area contributed by atoms with Crippen LogP contribution >= 0.6 is 0 Å². The van der Waals surface area contributed by atoms with Gasteiger partial charge in [-0.1, -0.05) is 32.3 Å². The molecule has 0 spiro atoms. The number of carbonyl (C=O) groups is 3. The Balaban J connectivity index is 0.986. The van der Waals surface area contributed by atoms with E-state index in [2.05, 4.69) is 42.5 Å². The van der Waals surface area contributed by atoms with Crippen molar-refractivity contribution in [1.29, 1.82) is 0 Å². The molecule has 0 aliphatic carbocycles. The summed E-state index contributed by atoms with van der Waals surface area (Å²) in [6.45, 7) is 13.9. The number of furan rings is 1. The fourth-order valence-corrected chi connectivity index (χ4v) is 8.04. The fourth-order valence-electron chi connectivity index (χ4n) is 8.04. The molecule has 5 aromatic rings. The summed E-state index contributed by atoms with van der Waals surface area (Å²) in [5, 5.41) is 10.9. The Kier molecular flexibility index (Phi) is 10.6. The molecule has 3 saturated heterocycles. The third-order valence-corrected chi connectivity index (χ3v) is 11.4. The Morgan fingerprint density at radius 3 is 2.39 bits per heavy atom. The first-order valence-corrected chi connectivity index (χ1v) is 19.9. The molecule has 6 heterocycles. The van der Waals surface area contributed by atoms with E-state index >= 15 is 0 Å². The van der Waals surface area contributed by atoms with E-state index in [1.54, 1.807) is 30.3 Å². The molecule has 0 unspecified atom stereocenters. The van der Waals surface area contributed by atoms with E-state index in [4.69, 9.17) is 13.7 Å². The van der Waals surface area contributed by atoms with E-state index in [0.717, 1.165) is 68.6 Å². The van der Waals surface area contributed by atoms with Gasteiger partial charge in [-0.05, 0) is 88.3 Å². The number of nitrogens with zero attached hydrogens (tertiary/aromatic N) is 5. The summed E-state index contributed by atoms with van der Waals surface area (Å²) in [4.78, 5) is 52.7. The van der Waals surface area contributed by atoms with Crippen LogP contribution in [0.5, 0.6) is 5.75 Å². The summed E-state index contributed by atoms with van der Waals surface area (Å²) < 4.78 is 17.6. The number of likely N-dealkylation sites (tertiary alicyclic amines) is 2. The monoisotopic (exact) mass is 764 g/mol. The summed E-state index contributed by atoms with van der Waals surface area (Å²) in [7, 11) is 2.12. The molecule has 14 nitrogen and oxygen atoms in total. The standard InChI is InChI=1S/C42H52N8O6/c1-42(2,3)37-25-38(46-56-37)45-40(52)43-28-8-10-34-27(22-28)23-36(54-34)39(51)33-24-30-31(26-48-20-18-47(4)19-21-48)35(11-9-32(30)44-33)55-41(53)50-16-12-29(13-17-50)49-14-6-5-7-15-49/h8-11,22-25,29,44H,5-7,12-21,26H2,1-4H3,(H2,43,45,46,52). The Hall–Kier alpha value is -5.18. The molecule has 3 aromatic heterocycles. The second-order valence-corrected chi connectivity index (χ2v) is 16.5. The Bertz CT molecular complexity index is 2210. The molecule has 14 heteroatoms. The third kappa shape index (κ3) is 8.32. The van der Waals surface area contributed by atoms with Gasteiger partial charge in [0.25, 0.3) is 0 Å². The minimum absolute atomic E-state index is 0.158. The van der Waals surface area contributed by atoms with Crippen molar-refractivity contribution in [3.8, 4) is 5.75 Å². The van der Waals surface area contributed by atoms with E-state index in [1.807, 2.05) is 43.9 Å². The largest absolute Gasteiger partial charge is 0.453 e. The van der Waals surface area contributed by atoms with Gasteiger partial charge in [0.15, 0.2) is 11.6 Å². The second kappa shape index (κ2) is 15.8. The van der Waals surface area contributed by atoms with Crippen LogP contribution in [0.15, 0.2) is 57.5 Å². The zero-order chi connectivity index (χ0) is 39.0. The van der Waals surface area contributed by atoms with Crippen molar-refractivity contribution < 1.29 is 28.1 Å². The van der Waals surface area contributed by atoms with Crippen LogP contribution in [-0.4, -0.2) is 113 Å². The quantitative estimate of drug-likeness (QED) is 0.138. The summed E-state index contributed by atoms with van der Waals surface area (Å²) in [5.74, 6) is 1.33. The number of nitrogens with one attached hydrogen (secondary N) is 3. The lowest BCUT2D eigenvalue weighted by molar-refractivity contribution is 0.0874. The first-order valence-electron chi connectivity index (χ1n) is 19.9. The number of ether oxygens (including phenoxy) is 1. The summed E-state index contributed by atoms with van der Waals surface area (Å²) >= 11 is 0. The lowest BCUT2D eigenvalue weighted by Crippen LogP contribution is -2.48. The molecule has 3 N–H and O–H groups in total. The van der Waals surface area contributed by atoms with Crippen molar-refractivity contribution in [3.63, 3.8) is 0 Å². The van der Waals surface area contributed by atoms with Gasteiger partial charge in [0.2, 0.25) is 5.78 Å². The number of piperazine rings is 1. The van der Waals surface area contributed by atoms with Crippen molar-refractivity contribution in [2.24, 2.45) is 0 Å². The molecule has 56 heavy (non-hydrogen) atoms. The third-order valence-electron chi connectivity index (χ3n) is 11.4. The van der Waals surface area contributed by atoms with Crippen molar-refractivity contribution in [1.82, 2.24) is 29.7 Å². The zero-order valence-corrected chi connectivity index (χ0v) is 32.8. The second-order valence-electron chi connectivity index (χ2n) is 16.5. The number of hydrogen-bond acceptors (Lipinski definition) is 10. The van der Waals surface area contributed by atoms with Gasteiger partial charge in [0.1, 0.15) is 17.1 Å². The van der Waals surface area contributed by atoms with Crippen LogP contribution in [0.3, 0.4) is 0 Å². The highest BCUT2D eigenvalue weighted by atomic mass is 16.6. The molecule has 2 aromatic carbocycles. The summed E-state index contributed by atoms with van der Waals surface area (Å²) in [6.07, 6.45) is 5.43. The number of piperidine rings is 2. The fraction of sp³-hybridized carbons (Fsp3) is 0.476. The predicted octanol–water partition coefficient (Wildman–Crippen LogP) is 7.27. The highest BCUT2D eigenvalue weighted by Gasteiger charge is 2.30. The number of aromatic amines is 1. The summed E-state index contributed by atoms with van der Waals surface area (Å²) in [6, 6.07) is 14.1. The number of amides is 3. The molecular formula is C42H52N8O6. The predicted molar refractivity (Wildman–Crippen MR) is 215 cm³/mol. The number of likely N-dealkylation sites (N-methyl/N-ethyl adjacent to an activating group) is 1. The SMILES string of the molecule is CN1CCN(Cc2c(OC(=O)N3CCC(N4CCCCC4)CC3)ccc3[nH]c(C(=O)c4cc5cc(NC(=O)Nc6cc(C(C)(C)C)on6)ccc5o4)cc23)CC1. The number of benzene rings is 2. The molecule has 296 valence electrons. The van der Waals surface area contributed by atoms with Crippen LogP contribution in [0, 0.1) is 0 Å². The van der Waals surface area contributed by atoms with Gasteiger partial charge in [-0.15, -0.1) is 0 Å². The number of rotatable bonds is 8. The number of urea groups is 1. The van der Waals surface area contributed by atoms with Crippen LogP contribution in [-0.2, 0) is 12.0 Å². The molecule has 8 rings (SSSR count). The number of anilines is 2. The van der Waals surface area contributed by atoms with Gasteiger partial charge in [-0.3, -0.25) is 15.0 Å². The van der Waals surface area contributed by atoms with Crippen molar-refractivity contribution in [3.05, 3.63) is 71.3 Å². The lowest BCUT2D eigenvalue weighted by atomic mass is 9.93. The van der Waals surface area contributed by atoms with Crippen LogP contribution in [0.4, 0.5) is 21.1 Å². The summed E-state index contributed by atoms with van der Waals surface area (Å²) in [5.41, 5.74) is 2.79. The van der Waals surface area contributed by atoms with E-state index in [9.17, 15) is 14.4 Å². The van der Waals surface area contributed by atoms with E-state index < -0.39 is 6.03 Å². The number of hydrogen-bond donors (Lipinski definition) is 3. The van der Waals surface area contributed by atoms with Gasteiger partial charge in [0, 0.05) is 90.9 Å². The highest BCUT2D eigenvalue weighted by Crippen LogP contribution is 2.33. The van der Waals surface area contributed by atoms with Gasteiger partial charge in [-0.25, -0.2) is 9.59 Å². The molecule has 3 aliphatic rings. The molecule has 3 fully saturated rings.